The van der Waals surface area contributed by atoms with E-state index in [0.29, 0.717) is 0 Å². The summed E-state index contributed by atoms with van der Waals surface area (Å²) in [4.78, 5) is 21.7. The number of carboxylic acid groups (broad SMARTS) is 2. The maximum Gasteiger partial charge on any atom is 0.318 e. The van der Waals surface area contributed by atoms with Gasteiger partial charge in [0.25, 0.3) is 0 Å². The third-order valence-electron chi connectivity index (χ3n) is 3.45. The highest BCUT2D eigenvalue weighted by atomic mass is 16.4. The van der Waals surface area contributed by atoms with Gasteiger partial charge in [-0.2, -0.15) is 0 Å². The third-order valence-corrected chi connectivity index (χ3v) is 3.45. The molecule has 0 amide bonds. The van der Waals surface area contributed by atoms with Crippen LogP contribution in [-0.2, 0) is 28.9 Å². The van der Waals surface area contributed by atoms with Crippen molar-refractivity contribution in [3.63, 3.8) is 0 Å². The molecular weight excluding hydrogens is 232 g/mol. The summed E-state index contributed by atoms with van der Waals surface area (Å²) in [6.45, 7) is 0. The molecule has 1 aromatic rings. The second kappa shape index (κ2) is 5.21. The van der Waals surface area contributed by atoms with Gasteiger partial charge in [-0.3, -0.25) is 9.59 Å². The van der Waals surface area contributed by atoms with Gasteiger partial charge >= 0.3 is 11.9 Å². The van der Waals surface area contributed by atoms with Crippen LogP contribution in [0, 0.1) is 5.92 Å². The zero-order valence-corrected chi connectivity index (χ0v) is 10.1. The van der Waals surface area contributed by atoms with Gasteiger partial charge in [-0.25, -0.2) is 0 Å². The highest BCUT2D eigenvalue weighted by molar-refractivity contribution is 5.93. The Bertz CT molecular complexity index is 465. The Labute approximate surface area is 105 Å². The minimum atomic E-state index is -1.35. The first-order valence-corrected chi connectivity index (χ1v) is 6.14. The van der Waals surface area contributed by atoms with Crippen molar-refractivity contribution < 1.29 is 19.8 Å². The minimum absolute atomic E-state index is 0.0535. The molecule has 4 nitrogen and oxygen atoms in total. The Kier molecular flexibility index (Phi) is 3.65. The first-order chi connectivity index (χ1) is 8.58. The first kappa shape index (κ1) is 12.6. The normalized spacial score (nSPS) is 14.3. The van der Waals surface area contributed by atoms with Crippen molar-refractivity contribution >= 4 is 11.9 Å². The second-order valence-corrected chi connectivity index (χ2v) is 4.74. The highest BCUT2D eigenvalue weighted by Gasteiger charge is 2.26. The molecule has 0 bridgehead atoms. The van der Waals surface area contributed by atoms with Crippen LogP contribution in [0.15, 0.2) is 18.2 Å². The summed E-state index contributed by atoms with van der Waals surface area (Å²) in [5.74, 6) is -3.91. The van der Waals surface area contributed by atoms with Crippen LogP contribution in [0.25, 0.3) is 0 Å². The van der Waals surface area contributed by atoms with Gasteiger partial charge in [0.2, 0.25) is 0 Å². The quantitative estimate of drug-likeness (QED) is 0.798. The maximum absolute atomic E-state index is 10.9. The zero-order chi connectivity index (χ0) is 13.1. The molecule has 18 heavy (non-hydrogen) atoms. The minimum Gasteiger partial charge on any atom is -0.481 e. The topological polar surface area (TPSA) is 74.6 Å². The Morgan fingerprint density at radius 2 is 1.67 bits per heavy atom. The van der Waals surface area contributed by atoms with Crippen molar-refractivity contribution in [1.82, 2.24) is 0 Å². The van der Waals surface area contributed by atoms with Crippen LogP contribution in [-0.4, -0.2) is 22.2 Å². The fourth-order valence-corrected chi connectivity index (χ4v) is 2.43. The van der Waals surface area contributed by atoms with E-state index in [0.717, 1.165) is 24.8 Å². The average Bonchev–Trinajstić information content (AvgIpc) is 2.35. The molecule has 0 radical (unpaired) electrons. The summed E-state index contributed by atoms with van der Waals surface area (Å²) < 4.78 is 0. The number of aryl methyl sites for hydroxylation is 2. The lowest BCUT2D eigenvalue weighted by molar-refractivity contribution is -0.154. The van der Waals surface area contributed by atoms with Crippen molar-refractivity contribution in [2.24, 2.45) is 5.92 Å². The van der Waals surface area contributed by atoms with E-state index >= 15 is 0 Å². The summed E-state index contributed by atoms with van der Waals surface area (Å²) >= 11 is 0. The summed E-state index contributed by atoms with van der Waals surface area (Å²) in [5, 5.41) is 17.7. The highest BCUT2D eigenvalue weighted by Crippen LogP contribution is 2.23. The molecule has 0 spiro atoms. The average molecular weight is 248 g/mol. The van der Waals surface area contributed by atoms with Gasteiger partial charge in [-0.05, 0) is 48.8 Å². The van der Waals surface area contributed by atoms with Crippen LogP contribution in [0.2, 0.25) is 0 Å². The van der Waals surface area contributed by atoms with Crippen molar-refractivity contribution in [1.29, 1.82) is 0 Å². The summed E-state index contributed by atoms with van der Waals surface area (Å²) in [5.41, 5.74) is 3.35. The largest absolute Gasteiger partial charge is 0.481 e. The van der Waals surface area contributed by atoms with Crippen molar-refractivity contribution in [2.75, 3.05) is 0 Å². The van der Waals surface area contributed by atoms with Gasteiger partial charge in [0.05, 0.1) is 0 Å². The SMILES string of the molecule is O=C(O)C(Cc1ccc2c(c1)CCCC2)C(=O)O. The van der Waals surface area contributed by atoms with Crippen molar-refractivity contribution in [2.45, 2.75) is 32.1 Å². The fraction of sp³-hybridized carbons (Fsp3) is 0.429. The number of hydrogen-bond donors (Lipinski definition) is 2. The van der Waals surface area contributed by atoms with Crippen LogP contribution in [0.3, 0.4) is 0 Å². The Hall–Kier alpha value is -1.84. The molecule has 0 aliphatic heterocycles. The Balaban J connectivity index is 2.18. The molecule has 0 saturated heterocycles. The molecule has 0 heterocycles. The zero-order valence-electron chi connectivity index (χ0n) is 10.1. The number of benzene rings is 1. The van der Waals surface area contributed by atoms with Gasteiger partial charge in [0.15, 0.2) is 5.92 Å². The van der Waals surface area contributed by atoms with E-state index in [2.05, 4.69) is 0 Å². The van der Waals surface area contributed by atoms with Crippen molar-refractivity contribution in [3.8, 4) is 0 Å². The Morgan fingerprint density at radius 1 is 1.06 bits per heavy atom. The molecule has 0 fully saturated rings. The van der Waals surface area contributed by atoms with Gasteiger partial charge in [-0.15, -0.1) is 0 Å². The van der Waals surface area contributed by atoms with E-state index in [4.69, 9.17) is 10.2 Å². The molecule has 1 aromatic carbocycles. The molecule has 0 saturated carbocycles. The van der Waals surface area contributed by atoms with Crippen LogP contribution in [0.5, 0.6) is 0 Å². The number of fused-ring (bicyclic) bond motifs is 1. The maximum atomic E-state index is 10.9. The Morgan fingerprint density at radius 3 is 2.28 bits per heavy atom. The molecule has 2 rings (SSSR count). The van der Waals surface area contributed by atoms with Gasteiger partial charge in [0, 0.05) is 0 Å². The summed E-state index contributed by atoms with van der Waals surface area (Å²) in [6, 6.07) is 5.82. The number of aliphatic carboxylic acids is 2. The van der Waals surface area contributed by atoms with Gasteiger partial charge in [0.1, 0.15) is 0 Å². The number of hydrogen-bond acceptors (Lipinski definition) is 2. The first-order valence-electron chi connectivity index (χ1n) is 6.14. The molecule has 0 aromatic heterocycles. The third kappa shape index (κ3) is 2.70. The lowest BCUT2D eigenvalue weighted by Gasteiger charge is -2.17. The number of carbonyl (C=O) groups is 2. The van der Waals surface area contributed by atoms with Crippen LogP contribution >= 0.6 is 0 Å². The number of carboxylic acids is 2. The predicted molar refractivity (Wildman–Crippen MR) is 65.5 cm³/mol. The van der Waals surface area contributed by atoms with E-state index in [-0.39, 0.29) is 6.42 Å². The van der Waals surface area contributed by atoms with E-state index in [9.17, 15) is 9.59 Å². The van der Waals surface area contributed by atoms with Gasteiger partial charge in [-0.1, -0.05) is 18.2 Å². The molecule has 4 heteroatoms. The van der Waals surface area contributed by atoms with E-state index in [1.54, 1.807) is 0 Å². The monoisotopic (exact) mass is 248 g/mol. The smallest absolute Gasteiger partial charge is 0.318 e. The van der Waals surface area contributed by atoms with Crippen LogP contribution in [0.1, 0.15) is 29.5 Å². The molecule has 1 aliphatic carbocycles. The lowest BCUT2D eigenvalue weighted by atomic mass is 9.88. The predicted octanol–water partition coefficient (Wildman–Crippen LogP) is 1.89. The van der Waals surface area contributed by atoms with Crippen molar-refractivity contribution in [3.05, 3.63) is 34.9 Å². The van der Waals surface area contributed by atoms with E-state index in [1.165, 1.54) is 17.5 Å². The molecule has 0 unspecified atom stereocenters. The van der Waals surface area contributed by atoms with E-state index in [1.807, 2.05) is 18.2 Å². The van der Waals surface area contributed by atoms with Gasteiger partial charge < -0.3 is 10.2 Å². The van der Waals surface area contributed by atoms with Crippen LogP contribution in [0.4, 0.5) is 0 Å². The van der Waals surface area contributed by atoms with E-state index < -0.39 is 17.9 Å². The second-order valence-electron chi connectivity index (χ2n) is 4.74. The molecule has 2 N–H and O–H groups in total. The van der Waals surface area contributed by atoms with Crippen LogP contribution < -0.4 is 0 Å². The summed E-state index contributed by atoms with van der Waals surface area (Å²) in [6.07, 6.45) is 4.47. The fourth-order valence-electron chi connectivity index (χ4n) is 2.43. The summed E-state index contributed by atoms with van der Waals surface area (Å²) in [7, 11) is 0. The molecule has 0 atom stereocenters. The molecular formula is C14H16O4. The molecule has 96 valence electrons. The number of rotatable bonds is 4. The standard InChI is InChI=1S/C14H16O4/c15-13(16)12(14(17)18)8-9-5-6-10-3-1-2-4-11(10)7-9/h5-7,12H,1-4,8H2,(H,15,16)(H,17,18). The molecule has 1 aliphatic rings. The lowest BCUT2D eigenvalue weighted by Crippen LogP contribution is -2.25.